The van der Waals surface area contributed by atoms with Gasteiger partial charge in [-0.2, -0.15) is 10.5 Å². The van der Waals surface area contributed by atoms with E-state index in [1.807, 2.05) is 0 Å². The molecule has 0 atom stereocenters. The van der Waals surface area contributed by atoms with E-state index in [1.54, 1.807) is 12.1 Å². The fraction of sp³-hybridized carbons (Fsp3) is 0.0833. The lowest BCUT2D eigenvalue weighted by molar-refractivity contribution is -0.385. The Morgan fingerprint density at radius 3 is 2.75 bits per heavy atom. The van der Waals surface area contributed by atoms with Gasteiger partial charge in [0.2, 0.25) is 0 Å². The molecule has 0 N–H and O–H groups in total. The number of nitro benzene ring substituents is 1. The van der Waals surface area contributed by atoms with Crippen molar-refractivity contribution >= 4 is 5.69 Å². The van der Waals surface area contributed by atoms with E-state index in [9.17, 15) is 14.5 Å². The first-order chi connectivity index (χ1) is 9.56. The highest BCUT2D eigenvalue weighted by atomic mass is 19.1. The normalized spacial score (nSPS) is 9.75. The molecule has 0 bridgehead atoms. The third-order valence-electron chi connectivity index (χ3n) is 2.63. The second-order valence-corrected chi connectivity index (χ2v) is 3.82. The highest BCUT2D eigenvalue weighted by Gasteiger charge is 2.17. The summed E-state index contributed by atoms with van der Waals surface area (Å²) in [4.78, 5) is 14.0. The number of rotatable bonds is 3. The SMILES string of the molecule is N#Cc1ncn(Cc2cc(F)ccc2[N+](=O)[O-])c1C#N. The lowest BCUT2D eigenvalue weighted by Gasteiger charge is -2.05. The van der Waals surface area contributed by atoms with Crippen molar-refractivity contribution in [2.45, 2.75) is 6.54 Å². The van der Waals surface area contributed by atoms with Gasteiger partial charge in [0, 0.05) is 6.07 Å². The lowest BCUT2D eigenvalue weighted by Crippen LogP contribution is -2.05. The molecule has 2 aromatic rings. The van der Waals surface area contributed by atoms with Crippen molar-refractivity contribution < 1.29 is 9.31 Å². The molecule has 1 heterocycles. The largest absolute Gasteiger partial charge is 0.316 e. The molecule has 8 heteroatoms. The highest BCUT2D eigenvalue weighted by Crippen LogP contribution is 2.21. The molecule has 1 aromatic heterocycles. The Labute approximate surface area is 112 Å². The summed E-state index contributed by atoms with van der Waals surface area (Å²) in [6, 6.07) is 6.59. The molecule has 0 aliphatic carbocycles. The number of benzene rings is 1. The number of nitriles is 2. The summed E-state index contributed by atoms with van der Waals surface area (Å²) >= 11 is 0. The number of halogens is 1. The van der Waals surface area contributed by atoms with Crippen molar-refractivity contribution in [2.75, 3.05) is 0 Å². The molecule has 0 amide bonds. The molecule has 7 nitrogen and oxygen atoms in total. The average molecular weight is 271 g/mol. The smallest absolute Gasteiger partial charge is 0.274 e. The Morgan fingerprint density at radius 2 is 2.15 bits per heavy atom. The minimum absolute atomic E-state index is 0.0222. The molecule has 20 heavy (non-hydrogen) atoms. The van der Waals surface area contributed by atoms with Crippen molar-refractivity contribution in [3.63, 3.8) is 0 Å². The van der Waals surface area contributed by atoms with Crippen LogP contribution >= 0.6 is 0 Å². The predicted octanol–water partition coefficient (Wildman–Crippen LogP) is 1.72. The Morgan fingerprint density at radius 1 is 1.40 bits per heavy atom. The van der Waals surface area contributed by atoms with E-state index in [2.05, 4.69) is 4.98 Å². The standard InChI is InChI=1S/C12H6FN5O2/c13-9-1-2-11(18(19)20)8(3-9)6-17-7-16-10(4-14)12(17)5-15/h1-3,7H,6H2. The molecule has 0 saturated carbocycles. The molecule has 98 valence electrons. The zero-order valence-electron chi connectivity index (χ0n) is 9.95. The zero-order chi connectivity index (χ0) is 14.7. The van der Waals surface area contributed by atoms with Crippen LogP contribution in [0.5, 0.6) is 0 Å². The van der Waals surface area contributed by atoms with Crippen molar-refractivity contribution in [1.29, 1.82) is 10.5 Å². The van der Waals surface area contributed by atoms with Crippen LogP contribution in [0.4, 0.5) is 10.1 Å². The summed E-state index contributed by atoms with van der Waals surface area (Å²) in [7, 11) is 0. The summed E-state index contributed by atoms with van der Waals surface area (Å²) in [6.07, 6.45) is 1.21. The van der Waals surface area contributed by atoms with Crippen LogP contribution in [0.1, 0.15) is 17.0 Å². The number of nitro groups is 1. The molecule has 0 fully saturated rings. The number of aromatic nitrogens is 2. The number of nitrogens with zero attached hydrogens (tertiary/aromatic N) is 5. The summed E-state index contributed by atoms with van der Waals surface area (Å²) in [6.45, 7) is -0.119. The number of hydrogen-bond acceptors (Lipinski definition) is 5. The van der Waals surface area contributed by atoms with Crippen molar-refractivity contribution in [3.05, 3.63) is 57.4 Å². The summed E-state index contributed by atoms with van der Waals surface area (Å²) in [5.74, 6) is -0.621. The Balaban J connectivity index is 2.48. The number of imidazole rings is 1. The third-order valence-corrected chi connectivity index (χ3v) is 2.63. The molecule has 0 radical (unpaired) electrons. The van der Waals surface area contributed by atoms with Gasteiger partial charge in [-0.25, -0.2) is 9.37 Å². The predicted molar refractivity (Wildman–Crippen MR) is 63.8 cm³/mol. The topological polar surface area (TPSA) is 109 Å². The summed E-state index contributed by atoms with van der Waals surface area (Å²) in [5, 5.41) is 28.6. The summed E-state index contributed by atoms with van der Waals surface area (Å²) in [5.41, 5.74) is -0.270. The van der Waals surface area contributed by atoms with Gasteiger partial charge < -0.3 is 4.57 Å². The van der Waals surface area contributed by atoms with Crippen LogP contribution in [-0.2, 0) is 6.54 Å². The molecule has 0 aliphatic heterocycles. The van der Waals surface area contributed by atoms with Gasteiger partial charge in [-0.3, -0.25) is 10.1 Å². The van der Waals surface area contributed by atoms with E-state index in [-0.39, 0.29) is 29.2 Å². The van der Waals surface area contributed by atoms with E-state index >= 15 is 0 Å². The van der Waals surface area contributed by atoms with Crippen LogP contribution in [-0.4, -0.2) is 14.5 Å². The number of hydrogen-bond donors (Lipinski definition) is 0. The molecule has 0 saturated heterocycles. The molecule has 0 unspecified atom stereocenters. The average Bonchev–Trinajstić information content (AvgIpc) is 2.80. The van der Waals surface area contributed by atoms with E-state index in [4.69, 9.17) is 10.5 Å². The van der Waals surface area contributed by atoms with Crippen LogP contribution in [0.25, 0.3) is 0 Å². The van der Waals surface area contributed by atoms with Crippen LogP contribution < -0.4 is 0 Å². The van der Waals surface area contributed by atoms with Gasteiger partial charge in [-0.05, 0) is 12.1 Å². The fourth-order valence-electron chi connectivity index (χ4n) is 1.74. The van der Waals surface area contributed by atoms with Gasteiger partial charge >= 0.3 is 0 Å². The van der Waals surface area contributed by atoms with E-state index in [0.29, 0.717) is 0 Å². The third kappa shape index (κ3) is 2.31. The maximum Gasteiger partial charge on any atom is 0.274 e. The van der Waals surface area contributed by atoms with Gasteiger partial charge in [-0.15, -0.1) is 0 Å². The minimum atomic E-state index is -0.636. The quantitative estimate of drug-likeness (QED) is 0.623. The molecule has 0 aliphatic rings. The first-order valence-electron chi connectivity index (χ1n) is 5.35. The van der Waals surface area contributed by atoms with Gasteiger partial charge in [0.25, 0.3) is 5.69 Å². The van der Waals surface area contributed by atoms with Crippen molar-refractivity contribution in [2.24, 2.45) is 0 Å². The van der Waals surface area contributed by atoms with Crippen molar-refractivity contribution in [3.8, 4) is 12.1 Å². The molecular weight excluding hydrogens is 265 g/mol. The second-order valence-electron chi connectivity index (χ2n) is 3.82. The van der Waals surface area contributed by atoms with Gasteiger partial charge in [0.15, 0.2) is 11.4 Å². The van der Waals surface area contributed by atoms with Crippen molar-refractivity contribution in [1.82, 2.24) is 9.55 Å². The first kappa shape index (κ1) is 13.2. The van der Waals surface area contributed by atoms with E-state index in [1.165, 1.54) is 10.9 Å². The maximum absolute atomic E-state index is 13.2. The monoisotopic (exact) mass is 271 g/mol. The Kier molecular flexibility index (Phi) is 3.40. The maximum atomic E-state index is 13.2. The highest BCUT2D eigenvalue weighted by molar-refractivity contribution is 5.42. The molecule has 2 rings (SSSR count). The lowest BCUT2D eigenvalue weighted by atomic mass is 10.1. The molecule has 1 aromatic carbocycles. The van der Waals surface area contributed by atoms with E-state index in [0.717, 1.165) is 18.2 Å². The molecular formula is C12H6FN5O2. The van der Waals surface area contributed by atoms with Gasteiger partial charge in [0.05, 0.1) is 23.4 Å². The fourth-order valence-corrected chi connectivity index (χ4v) is 1.74. The first-order valence-corrected chi connectivity index (χ1v) is 5.35. The van der Waals surface area contributed by atoms with Crippen LogP contribution in [0, 0.1) is 38.6 Å². The van der Waals surface area contributed by atoms with Crippen LogP contribution in [0.2, 0.25) is 0 Å². The van der Waals surface area contributed by atoms with Crippen LogP contribution in [0.3, 0.4) is 0 Å². The zero-order valence-corrected chi connectivity index (χ0v) is 9.95. The minimum Gasteiger partial charge on any atom is -0.316 e. The Hall–Kier alpha value is -3.26. The van der Waals surface area contributed by atoms with Crippen LogP contribution in [0.15, 0.2) is 24.5 Å². The van der Waals surface area contributed by atoms with Gasteiger partial charge in [0.1, 0.15) is 18.0 Å². The second kappa shape index (κ2) is 5.16. The van der Waals surface area contributed by atoms with Gasteiger partial charge in [-0.1, -0.05) is 0 Å². The summed E-state index contributed by atoms with van der Waals surface area (Å²) < 4.78 is 14.5. The van der Waals surface area contributed by atoms with E-state index < -0.39 is 10.7 Å². The Bertz CT molecular complexity index is 769. The molecule has 0 spiro atoms.